The Balaban J connectivity index is 1.72. The molecule has 5 nitrogen and oxygen atoms in total. The summed E-state index contributed by atoms with van der Waals surface area (Å²) in [6.45, 7) is 12.9. The second-order valence-corrected chi connectivity index (χ2v) is 9.25. The Bertz CT molecular complexity index is 995. The summed E-state index contributed by atoms with van der Waals surface area (Å²) < 4.78 is 0. The van der Waals surface area contributed by atoms with Gasteiger partial charge in [0.2, 0.25) is 0 Å². The summed E-state index contributed by atoms with van der Waals surface area (Å²) in [5.74, 6) is -0.468. The van der Waals surface area contributed by atoms with Crippen molar-refractivity contribution < 1.29 is 9.59 Å². The quantitative estimate of drug-likeness (QED) is 0.708. The molecule has 0 aromatic heterocycles. The lowest BCUT2D eigenvalue weighted by Gasteiger charge is -2.36. The SMILES string of the molecule is CCN1CCN(C2=C(c3ccccc3)C(=O)N(c3ccc(C(C)(C)C)cc3)C2=O)CC1. The van der Waals surface area contributed by atoms with Crippen LogP contribution in [-0.4, -0.2) is 54.3 Å². The molecular formula is C26H31N3O2. The first-order valence-electron chi connectivity index (χ1n) is 11.1. The van der Waals surface area contributed by atoms with E-state index in [4.69, 9.17) is 0 Å². The van der Waals surface area contributed by atoms with Gasteiger partial charge in [0, 0.05) is 26.2 Å². The molecule has 0 aliphatic carbocycles. The number of imide groups is 1. The van der Waals surface area contributed by atoms with Crippen LogP contribution in [0.3, 0.4) is 0 Å². The summed E-state index contributed by atoms with van der Waals surface area (Å²) in [5.41, 5.74) is 3.64. The predicted molar refractivity (Wildman–Crippen MR) is 125 cm³/mol. The highest BCUT2D eigenvalue weighted by molar-refractivity contribution is 6.45. The van der Waals surface area contributed by atoms with Gasteiger partial charge in [0.15, 0.2) is 0 Å². The van der Waals surface area contributed by atoms with E-state index in [1.165, 1.54) is 10.5 Å². The van der Waals surface area contributed by atoms with Gasteiger partial charge >= 0.3 is 0 Å². The summed E-state index contributed by atoms with van der Waals surface area (Å²) >= 11 is 0. The molecule has 1 fully saturated rings. The molecule has 2 aliphatic rings. The highest BCUT2D eigenvalue weighted by Crippen LogP contribution is 2.36. The van der Waals surface area contributed by atoms with Gasteiger partial charge in [-0.2, -0.15) is 0 Å². The molecule has 2 aromatic carbocycles. The summed E-state index contributed by atoms with van der Waals surface area (Å²) in [6, 6.07) is 17.4. The maximum absolute atomic E-state index is 13.6. The van der Waals surface area contributed by atoms with Gasteiger partial charge < -0.3 is 9.80 Å². The topological polar surface area (TPSA) is 43.9 Å². The van der Waals surface area contributed by atoms with E-state index in [1.54, 1.807) is 0 Å². The van der Waals surface area contributed by atoms with Gasteiger partial charge in [0.05, 0.1) is 11.3 Å². The van der Waals surface area contributed by atoms with Crippen molar-refractivity contribution in [1.82, 2.24) is 9.80 Å². The van der Waals surface area contributed by atoms with E-state index in [0.29, 0.717) is 17.0 Å². The van der Waals surface area contributed by atoms with Gasteiger partial charge in [-0.05, 0) is 35.2 Å². The van der Waals surface area contributed by atoms with Gasteiger partial charge in [-0.25, -0.2) is 4.90 Å². The number of anilines is 1. The zero-order valence-corrected chi connectivity index (χ0v) is 18.9. The Morgan fingerprint density at radius 3 is 1.97 bits per heavy atom. The van der Waals surface area contributed by atoms with Crippen LogP contribution in [0, 0.1) is 0 Å². The van der Waals surface area contributed by atoms with Gasteiger partial charge in [0.1, 0.15) is 5.70 Å². The van der Waals surface area contributed by atoms with Crippen LogP contribution in [0.25, 0.3) is 5.57 Å². The van der Waals surface area contributed by atoms with Gasteiger partial charge in [0.25, 0.3) is 11.8 Å². The fourth-order valence-electron chi connectivity index (χ4n) is 4.31. The van der Waals surface area contributed by atoms with Crippen molar-refractivity contribution in [3.8, 4) is 0 Å². The summed E-state index contributed by atoms with van der Waals surface area (Å²) in [6.07, 6.45) is 0. The predicted octanol–water partition coefficient (Wildman–Crippen LogP) is 3.91. The number of rotatable bonds is 4. The van der Waals surface area contributed by atoms with Crippen LogP contribution in [0.1, 0.15) is 38.8 Å². The Hall–Kier alpha value is -2.92. The fourth-order valence-corrected chi connectivity index (χ4v) is 4.31. The third-order valence-electron chi connectivity index (χ3n) is 6.25. The molecule has 0 bridgehead atoms. The largest absolute Gasteiger partial charge is 0.364 e. The van der Waals surface area contributed by atoms with Crippen molar-refractivity contribution in [2.24, 2.45) is 0 Å². The third-order valence-corrected chi connectivity index (χ3v) is 6.25. The molecule has 0 N–H and O–H groups in total. The van der Waals surface area contributed by atoms with Crippen LogP contribution in [0.15, 0.2) is 60.3 Å². The maximum atomic E-state index is 13.6. The molecule has 0 radical (unpaired) electrons. The van der Waals surface area contributed by atoms with Crippen LogP contribution in [0.2, 0.25) is 0 Å². The minimum absolute atomic E-state index is 0.00905. The summed E-state index contributed by atoms with van der Waals surface area (Å²) in [5, 5.41) is 0. The normalized spacial score (nSPS) is 18.3. The molecule has 31 heavy (non-hydrogen) atoms. The van der Waals surface area contributed by atoms with Crippen molar-refractivity contribution in [3.63, 3.8) is 0 Å². The van der Waals surface area contributed by atoms with Gasteiger partial charge in [-0.3, -0.25) is 9.59 Å². The zero-order valence-electron chi connectivity index (χ0n) is 18.9. The molecule has 0 unspecified atom stereocenters. The molecule has 1 saturated heterocycles. The van der Waals surface area contributed by atoms with E-state index in [2.05, 4.69) is 37.5 Å². The molecule has 0 atom stereocenters. The van der Waals surface area contributed by atoms with E-state index < -0.39 is 0 Å². The fraction of sp³-hybridized carbons (Fsp3) is 0.385. The van der Waals surface area contributed by atoms with Gasteiger partial charge in [-0.1, -0.05) is 70.2 Å². The van der Waals surface area contributed by atoms with Crippen LogP contribution in [-0.2, 0) is 15.0 Å². The lowest BCUT2D eigenvalue weighted by molar-refractivity contribution is -0.120. The Kier molecular flexibility index (Phi) is 5.71. The van der Waals surface area contributed by atoms with Crippen molar-refractivity contribution >= 4 is 23.1 Å². The average molecular weight is 418 g/mol. The Morgan fingerprint density at radius 1 is 0.806 bits per heavy atom. The van der Waals surface area contributed by atoms with E-state index in [9.17, 15) is 9.59 Å². The number of amides is 2. The minimum Gasteiger partial charge on any atom is -0.364 e. The first-order chi connectivity index (χ1) is 14.8. The number of nitrogens with zero attached hydrogens (tertiary/aromatic N) is 3. The van der Waals surface area contributed by atoms with Crippen LogP contribution < -0.4 is 4.90 Å². The Labute approximate surface area is 184 Å². The molecule has 0 spiro atoms. The second-order valence-electron chi connectivity index (χ2n) is 9.25. The van der Waals surface area contributed by atoms with Crippen molar-refractivity contribution in [2.45, 2.75) is 33.1 Å². The van der Waals surface area contributed by atoms with Crippen molar-refractivity contribution in [2.75, 3.05) is 37.6 Å². The van der Waals surface area contributed by atoms with E-state index >= 15 is 0 Å². The summed E-state index contributed by atoms with van der Waals surface area (Å²) in [7, 11) is 0. The third kappa shape index (κ3) is 4.02. The number of carbonyl (C=O) groups is 2. The smallest absolute Gasteiger partial charge is 0.282 e. The number of hydrogen-bond donors (Lipinski definition) is 0. The molecule has 2 aromatic rings. The monoisotopic (exact) mass is 417 g/mol. The molecule has 4 rings (SSSR count). The molecule has 2 aliphatic heterocycles. The Morgan fingerprint density at radius 2 is 1.42 bits per heavy atom. The van der Waals surface area contributed by atoms with E-state index in [0.717, 1.165) is 38.3 Å². The van der Waals surface area contributed by atoms with Crippen LogP contribution in [0.4, 0.5) is 5.69 Å². The molecule has 5 heteroatoms. The highest BCUT2D eigenvalue weighted by atomic mass is 16.2. The number of likely N-dealkylation sites (N-methyl/N-ethyl adjacent to an activating group) is 1. The van der Waals surface area contributed by atoms with Crippen molar-refractivity contribution in [1.29, 1.82) is 0 Å². The molecular weight excluding hydrogens is 386 g/mol. The first-order valence-corrected chi connectivity index (χ1v) is 11.1. The maximum Gasteiger partial charge on any atom is 0.282 e. The standard InChI is InChI=1S/C26H31N3O2/c1-5-27-15-17-28(18-16-27)23-22(19-9-7-6-8-10-19)24(30)29(25(23)31)21-13-11-20(12-14-21)26(2,3)4/h6-14H,5,15-18H2,1-4H3. The number of carbonyl (C=O) groups excluding carboxylic acids is 2. The van der Waals surface area contributed by atoms with Crippen LogP contribution in [0.5, 0.6) is 0 Å². The van der Waals surface area contributed by atoms with Crippen LogP contribution >= 0.6 is 0 Å². The number of benzene rings is 2. The zero-order chi connectivity index (χ0) is 22.2. The highest BCUT2D eigenvalue weighted by Gasteiger charge is 2.43. The second kappa shape index (κ2) is 8.31. The van der Waals surface area contributed by atoms with Crippen molar-refractivity contribution in [3.05, 3.63) is 71.4 Å². The lowest BCUT2D eigenvalue weighted by Crippen LogP contribution is -2.47. The average Bonchev–Trinajstić information content (AvgIpc) is 3.04. The molecule has 0 saturated carbocycles. The molecule has 2 amide bonds. The molecule has 2 heterocycles. The summed E-state index contributed by atoms with van der Waals surface area (Å²) in [4.78, 5) is 33.0. The lowest BCUT2D eigenvalue weighted by atomic mass is 9.87. The number of piperazine rings is 1. The molecule has 162 valence electrons. The van der Waals surface area contributed by atoms with Gasteiger partial charge in [-0.15, -0.1) is 0 Å². The minimum atomic E-state index is -0.243. The number of hydrogen-bond acceptors (Lipinski definition) is 4. The first kappa shape index (κ1) is 21.3. The van der Waals surface area contributed by atoms with E-state index in [-0.39, 0.29) is 17.2 Å². The van der Waals surface area contributed by atoms with E-state index in [1.807, 2.05) is 54.6 Å².